The van der Waals surface area contributed by atoms with Crippen LogP contribution in [-0.2, 0) is 11.2 Å². The highest BCUT2D eigenvalue weighted by atomic mass is 35.5. The quantitative estimate of drug-likeness (QED) is 0.564. The minimum atomic E-state index is -0.434. The number of carbonyl (C=O) groups excluding carboxylic acids is 1. The molecule has 3 rings (SSSR count). The van der Waals surface area contributed by atoms with Crippen LogP contribution in [0.4, 0.5) is 4.39 Å². The molecule has 164 valence electrons. The predicted molar refractivity (Wildman–Crippen MR) is 117 cm³/mol. The van der Waals surface area contributed by atoms with Gasteiger partial charge in [0.05, 0.1) is 17.3 Å². The molecule has 1 N–H and O–H groups in total. The van der Waals surface area contributed by atoms with E-state index < -0.39 is 5.82 Å². The van der Waals surface area contributed by atoms with Crippen molar-refractivity contribution >= 4 is 17.5 Å². The molecule has 1 atom stereocenters. The summed E-state index contributed by atoms with van der Waals surface area (Å²) in [5.41, 5.74) is 2.27. The molecule has 1 heterocycles. The van der Waals surface area contributed by atoms with Gasteiger partial charge in [0, 0.05) is 30.7 Å². The maximum absolute atomic E-state index is 13.6. The first-order valence-corrected chi connectivity index (χ1v) is 10.3. The van der Waals surface area contributed by atoms with E-state index >= 15 is 0 Å². The van der Waals surface area contributed by atoms with Gasteiger partial charge in [-0.3, -0.25) is 4.79 Å². The monoisotopic (exact) mass is 445 g/mol. The molecule has 2 aromatic carbocycles. The summed E-state index contributed by atoms with van der Waals surface area (Å²) in [5.74, 6) is 0.314. The van der Waals surface area contributed by atoms with Crippen LogP contribution >= 0.6 is 11.6 Å². The Kier molecular flexibility index (Phi) is 7.35. The van der Waals surface area contributed by atoms with Crippen LogP contribution in [0.15, 0.2) is 36.4 Å². The first kappa shape index (κ1) is 22.8. The van der Waals surface area contributed by atoms with E-state index in [1.54, 1.807) is 30.0 Å². The van der Waals surface area contributed by atoms with E-state index in [-0.39, 0.29) is 17.0 Å². The van der Waals surface area contributed by atoms with Crippen LogP contribution in [-0.4, -0.2) is 45.9 Å². The van der Waals surface area contributed by atoms with Crippen molar-refractivity contribution in [3.05, 3.63) is 58.6 Å². The molecule has 1 amide bonds. The first-order chi connectivity index (χ1) is 14.8. The smallest absolute Gasteiger partial charge is 0.251 e. The third-order valence-electron chi connectivity index (χ3n) is 4.59. The Morgan fingerprint density at radius 1 is 1.23 bits per heavy atom. The number of aromatic nitrogens is 4. The fourth-order valence-corrected chi connectivity index (χ4v) is 3.52. The molecule has 9 heteroatoms. The standard InChI is InChI=1S/C22H25ClFN5O2/c1-13(2)7-21-26-27-28-29(21)18-9-15(19-6-5-17(24)11-20(19)23)8-16(10-18)22(30)25-14(3)12-31-4/h5-6,8-11,13-14H,7,12H2,1-4H3,(H,25,30). The molecule has 1 aromatic heterocycles. The fourth-order valence-electron chi connectivity index (χ4n) is 3.24. The van der Waals surface area contributed by atoms with E-state index in [0.29, 0.717) is 47.1 Å². The summed E-state index contributed by atoms with van der Waals surface area (Å²) in [6.07, 6.45) is 0.668. The number of hydrogen-bond acceptors (Lipinski definition) is 5. The average molecular weight is 446 g/mol. The van der Waals surface area contributed by atoms with E-state index in [2.05, 4.69) is 34.7 Å². The Morgan fingerprint density at radius 3 is 2.68 bits per heavy atom. The van der Waals surface area contributed by atoms with E-state index in [9.17, 15) is 9.18 Å². The maximum atomic E-state index is 13.6. The van der Waals surface area contributed by atoms with Gasteiger partial charge >= 0.3 is 0 Å². The summed E-state index contributed by atoms with van der Waals surface area (Å²) in [6.45, 7) is 6.38. The lowest BCUT2D eigenvalue weighted by Crippen LogP contribution is -2.35. The van der Waals surface area contributed by atoms with Crippen molar-refractivity contribution in [2.45, 2.75) is 33.2 Å². The molecule has 0 spiro atoms. The molecular formula is C22H25ClFN5O2. The van der Waals surface area contributed by atoms with Gasteiger partial charge in [-0.15, -0.1) is 5.10 Å². The highest BCUT2D eigenvalue weighted by Gasteiger charge is 2.17. The van der Waals surface area contributed by atoms with E-state index in [4.69, 9.17) is 16.3 Å². The van der Waals surface area contributed by atoms with Crippen LogP contribution in [0.2, 0.25) is 5.02 Å². The Balaban J connectivity index is 2.10. The number of methoxy groups -OCH3 is 1. The van der Waals surface area contributed by atoms with Crippen molar-refractivity contribution < 1.29 is 13.9 Å². The molecule has 0 radical (unpaired) electrons. The van der Waals surface area contributed by atoms with Gasteiger partial charge in [-0.05, 0) is 65.2 Å². The van der Waals surface area contributed by atoms with Crippen LogP contribution in [0, 0.1) is 11.7 Å². The zero-order valence-electron chi connectivity index (χ0n) is 17.9. The van der Waals surface area contributed by atoms with E-state index in [0.717, 1.165) is 0 Å². The molecule has 0 fully saturated rings. The zero-order valence-corrected chi connectivity index (χ0v) is 18.7. The highest BCUT2D eigenvalue weighted by molar-refractivity contribution is 6.33. The van der Waals surface area contributed by atoms with Crippen molar-refractivity contribution in [1.82, 2.24) is 25.5 Å². The number of hydrogen-bond donors (Lipinski definition) is 1. The molecule has 0 aliphatic heterocycles. The molecule has 0 saturated carbocycles. The van der Waals surface area contributed by atoms with Gasteiger partial charge in [0.25, 0.3) is 5.91 Å². The molecular weight excluding hydrogens is 421 g/mol. The summed E-state index contributed by atoms with van der Waals surface area (Å²) in [6, 6.07) is 9.24. The topological polar surface area (TPSA) is 81.9 Å². The minimum absolute atomic E-state index is 0.177. The van der Waals surface area contributed by atoms with Crippen LogP contribution < -0.4 is 5.32 Å². The van der Waals surface area contributed by atoms with Crippen LogP contribution in [0.25, 0.3) is 16.8 Å². The second kappa shape index (κ2) is 9.98. The lowest BCUT2D eigenvalue weighted by Gasteiger charge is -2.15. The maximum Gasteiger partial charge on any atom is 0.251 e. The molecule has 0 saturated heterocycles. The second-order valence-electron chi connectivity index (χ2n) is 7.83. The number of rotatable bonds is 8. The Hall–Kier alpha value is -2.84. The summed E-state index contributed by atoms with van der Waals surface area (Å²) >= 11 is 6.29. The largest absolute Gasteiger partial charge is 0.383 e. The van der Waals surface area contributed by atoms with Crippen LogP contribution in [0.1, 0.15) is 37.0 Å². The predicted octanol–water partition coefficient (Wildman–Crippen LogP) is 4.09. The molecule has 1 unspecified atom stereocenters. The molecule has 0 bridgehead atoms. The number of nitrogens with one attached hydrogen (secondary N) is 1. The fraction of sp³-hybridized carbons (Fsp3) is 0.364. The molecule has 0 aliphatic rings. The second-order valence-corrected chi connectivity index (χ2v) is 8.23. The lowest BCUT2D eigenvalue weighted by atomic mass is 10.0. The lowest BCUT2D eigenvalue weighted by molar-refractivity contribution is 0.0905. The van der Waals surface area contributed by atoms with Crippen molar-refractivity contribution in [2.24, 2.45) is 5.92 Å². The van der Waals surface area contributed by atoms with Gasteiger partial charge in [0.15, 0.2) is 5.82 Å². The van der Waals surface area contributed by atoms with E-state index in [1.807, 2.05) is 13.0 Å². The Bertz CT molecular complexity index is 1070. The van der Waals surface area contributed by atoms with E-state index in [1.165, 1.54) is 12.1 Å². The van der Waals surface area contributed by atoms with Gasteiger partial charge in [-0.25, -0.2) is 4.39 Å². The SMILES string of the molecule is COCC(C)NC(=O)c1cc(-c2ccc(F)cc2Cl)cc(-n2nnnc2CC(C)C)c1. The molecule has 7 nitrogen and oxygen atoms in total. The third kappa shape index (κ3) is 5.65. The van der Waals surface area contributed by atoms with Gasteiger partial charge in [0.1, 0.15) is 5.82 Å². The first-order valence-electron chi connectivity index (χ1n) is 9.96. The molecule has 31 heavy (non-hydrogen) atoms. The van der Waals surface area contributed by atoms with Crippen molar-refractivity contribution in [3.63, 3.8) is 0 Å². The van der Waals surface area contributed by atoms with Gasteiger partial charge in [-0.1, -0.05) is 25.4 Å². The van der Waals surface area contributed by atoms with Crippen LogP contribution in [0.3, 0.4) is 0 Å². The number of nitrogens with zero attached hydrogens (tertiary/aromatic N) is 4. The van der Waals surface area contributed by atoms with Crippen molar-refractivity contribution in [3.8, 4) is 16.8 Å². The normalized spacial score (nSPS) is 12.2. The van der Waals surface area contributed by atoms with Gasteiger partial charge in [0.2, 0.25) is 0 Å². The summed E-state index contributed by atoms with van der Waals surface area (Å²) < 4.78 is 20.3. The number of halogens is 2. The number of carbonyl (C=O) groups is 1. The number of benzene rings is 2. The molecule has 3 aromatic rings. The zero-order chi connectivity index (χ0) is 22.5. The summed E-state index contributed by atoms with van der Waals surface area (Å²) in [4.78, 5) is 12.9. The third-order valence-corrected chi connectivity index (χ3v) is 4.90. The minimum Gasteiger partial charge on any atom is -0.383 e. The number of ether oxygens (including phenoxy) is 1. The number of tetrazole rings is 1. The summed E-state index contributed by atoms with van der Waals surface area (Å²) in [5, 5.41) is 15.2. The van der Waals surface area contributed by atoms with Crippen molar-refractivity contribution in [2.75, 3.05) is 13.7 Å². The average Bonchev–Trinajstić information content (AvgIpc) is 3.15. The Morgan fingerprint density at radius 2 is 2.00 bits per heavy atom. The Labute approximate surface area is 185 Å². The van der Waals surface area contributed by atoms with Gasteiger partial charge in [-0.2, -0.15) is 4.68 Å². The number of amides is 1. The van der Waals surface area contributed by atoms with Gasteiger partial charge < -0.3 is 10.1 Å². The highest BCUT2D eigenvalue weighted by Crippen LogP contribution is 2.31. The molecule has 0 aliphatic carbocycles. The summed E-state index contributed by atoms with van der Waals surface area (Å²) in [7, 11) is 1.58. The van der Waals surface area contributed by atoms with Crippen LogP contribution in [0.5, 0.6) is 0 Å². The van der Waals surface area contributed by atoms with Crippen molar-refractivity contribution in [1.29, 1.82) is 0 Å².